The number of nitrogens with zero attached hydrogens (tertiary/aromatic N) is 3. The van der Waals surface area contributed by atoms with E-state index in [2.05, 4.69) is 16.0 Å². The van der Waals surface area contributed by atoms with Crippen molar-refractivity contribution in [1.82, 2.24) is 9.88 Å². The Bertz CT molecular complexity index is 833. The van der Waals surface area contributed by atoms with Crippen LogP contribution in [0.25, 0.3) is 0 Å². The summed E-state index contributed by atoms with van der Waals surface area (Å²) >= 11 is 0. The van der Waals surface area contributed by atoms with Gasteiger partial charge in [-0.05, 0) is 61.9 Å². The van der Waals surface area contributed by atoms with E-state index < -0.39 is 0 Å². The van der Waals surface area contributed by atoms with Crippen LogP contribution in [0.3, 0.4) is 0 Å². The van der Waals surface area contributed by atoms with Gasteiger partial charge in [0.2, 0.25) is 5.88 Å². The zero-order valence-corrected chi connectivity index (χ0v) is 15.8. The number of nitriles is 1. The number of halogens is 1. The first-order valence-corrected chi connectivity index (χ1v) is 9.90. The number of piperidine rings is 1. The van der Waals surface area contributed by atoms with Crippen molar-refractivity contribution in [2.45, 2.75) is 49.8 Å². The molecule has 1 aromatic heterocycles. The minimum atomic E-state index is -0.213. The molecule has 2 N–H and O–H groups in total. The first-order chi connectivity index (χ1) is 13.6. The molecule has 2 fully saturated rings. The van der Waals surface area contributed by atoms with Gasteiger partial charge in [0.05, 0.1) is 5.56 Å². The van der Waals surface area contributed by atoms with E-state index in [1.54, 1.807) is 12.1 Å². The second-order valence-corrected chi connectivity index (χ2v) is 7.84. The monoisotopic (exact) mass is 380 g/mol. The molecule has 146 valence electrons. The van der Waals surface area contributed by atoms with Gasteiger partial charge in [0, 0.05) is 30.9 Å². The first kappa shape index (κ1) is 18.9. The minimum Gasteiger partial charge on any atom is -0.473 e. The van der Waals surface area contributed by atoms with Crippen LogP contribution in [0.1, 0.15) is 42.7 Å². The van der Waals surface area contributed by atoms with E-state index in [-0.39, 0.29) is 24.0 Å². The molecule has 4 atom stereocenters. The Morgan fingerprint density at radius 3 is 2.68 bits per heavy atom. The summed E-state index contributed by atoms with van der Waals surface area (Å²) in [7, 11) is 0. The molecule has 1 saturated carbocycles. The smallest absolute Gasteiger partial charge is 0.213 e. The topological polar surface area (TPSA) is 75.2 Å². The number of nitrogens with two attached hydrogens (primary N) is 1. The summed E-state index contributed by atoms with van der Waals surface area (Å²) in [6.07, 6.45) is 5.49. The molecule has 28 heavy (non-hydrogen) atoms. The predicted molar refractivity (Wildman–Crippen MR) is 104 cm³/mol. The Hall–Kier alpha value is -2.49. The predicted octanol–water partition coefficient (Wildman–Crippen LogP) is 3.21. The van der Waals surface area contributed by atoms with Crippen LogP contribution in [0.15, 0.2) is 42.6 Å². The van der Waals surface area contributed by atoms with Crippen molar-refractivity contribution in [3.8, 4) is 11.9 Å². The molecule has 0 bridgehead atoms. The van der Waals surface area contributed by atoms with E-state index >= 15 is 0 Å². The van der Waals surface area contributed by atoms with Crippen molar-refractivity contribution < 1.29 is 9.13 Å². The first-order valence-electron chi connectivity index (χ1n) is 9.90. The summed E-state index contributed by atoms with van der Waals surface area (Å²) in [4.78, 5) is 6.73. The summed E-state index contributed by atoms with van der Waals surface area (Å²) in [5, 5.41) is 8.95. The van der Waals surface area contributed by atoms with E-state index in [1.165, 1.54) is 18.3 Å². The summed E-state index contributed by atoms with van der Waals surface area (Å²) in [5.41, 5.74) is 7.88. The Kier molecular flexibility index (Phi) is 5.56. The molecule has 1 saturated heterocycles. The van der Waals surface area contributed by atoms with Crippen LogP contribution in [-0.4, -0.2) is 41.2 Å². The average molecular weight is 380 g/mol. The van der Waals surface area contributed by atoms with E-state index in [0.29, 0.717) is 17.4 Å². The molecular formula is C22H25FN4O. The number of likely N-dealkylation sites (tertiary alicyclic amines) is 1. The average Bonchev–Trinajstić information content (AvgIpc) is 3.13. The number of aromatic nitrogens is 1. The molecule has 4 rings (SSSR count). The van der Waals surface area contributed by atoms with Gasteiger partial charge in [-0.15, -0.1) is 0 Å². The summed E-state index contributed by atoms with van der Waals surface area (Å²) in [6.45, 7) is 1.90. The van der Waals surface area contributed by atoms with Gasteiger partial charge in [-0.1, -0.05) is 12.1 Å². The summed E-state index contributed by atoms with van der Waals surface area (Å²) < 4.78 is 19.6. The molecule has 2 aliphatic rings. The number of hydrogen-bond donors (Lipinski definition) is 1. The lowest BCUT2D eigenvalue weighted by molar-refractivity contribution is 0.0656. The van der Waals surface area contributed by atoms with E-state index in [0.717, 1.165) is 44.3 Å². The Labute approximate surface area is 164 Å². The van der Waals surface area contributed by atoms with Crippen molar-refractivity contribution in [2.24, 2.45) is 5.73 Å². The standard InChI is InChI=1S/C22H25FN4O/c23-18-6-4-16(5-7-18)17-10-20(27-9-1-2-19(25)14-27)21(11-17)28-22-8-3-15(12-24)13-26-22/h3-8,13,17,19-21H,1-2,9-11,14,25H2. The lowest BCUT2D eigenvalue weighted by Crippen LogP contribution is -2.51. The largest absolute Gasteiger partial charge is 0.473 e. The zero-order valence-electron chi connectivity index (χ0n) is 15.8. The molecule has 0 spiro atoms. The van der Waals surface area contributed by atoms with Gasteiger partial charge in [0.1, 0.15) is 18.0 Å². The Morgan fingerprint density at radius 2 is 2.00 bits per heavy atom. The molecule has 1 aliphatic heterocycles. The molecule has 5 nitrogen and oxygen atoms in total. The van der Waals surface area contributed by atoms with Crippen LogP contribution in [0.4, 0.5) is 4.39 Å². The summed E-state index contributed by atoms with van der Waals surface area (Å²) in [6, 6.07) is 12.8. The fraction of sp³-hybridized carbons (Fsp3) is 0.455. The highest BCUT2D eigenvalue weighted by Crippen LogP contribution is 2.39. The SMILES string of the molecule is N#Cc1ccc(OC2CC(c3ccc(F)cc3)CC2N2CCCC(N)C2)nc1. The van der Waals surface area contributed by atoms with Gasteiger partial charge >= 0.3 is 0 Å². The lowest BCUT2D eigenvalue weighted by atomic mass is 9.97. The molecule has 1 aliphatic carbocycles. The second-order valence-electron chi connectivity index (χ2n) is 7.84. The lowest BCUT2D eigenvalue weighted by Gasteiger charge is -2.37. The fourth-order valence-corrected chi connectivity index (χ4v) is 4.51. The number of pyridine rings is 1. The van der Waals surface area contributed by atoms with Crippen molar-refractivity contribution in [1.29, 1.82) is 5.26 Å². The van der Waals surface area contributed by atoms with Gasteiger partial charge in [0.25, 0.3) is 0 Å². The van der Waals surface area contributed by atoms with Crippen LogP contribution in [0.5, 0.6) is 5.88 Å². The molecular weight excluding hydrogens is 355 g/mol. The van der Waals surface area contributed by atoms with Crippen LogP contribution in [0, 0.1) is 17.1 Å². The molecule has 1 aromatic carbocycles. The quantitative estimate of drug-likeness (QED) is 0.882. The third-order valence-electron chi connectivity index (χ3n) is 5.91. The van der Waals surface area contributed by atoms with E-state index in [4.69, 9.17) is 15.7 Å². The van der Waals surface area contributed by atoms with E-state index in [9.17, 15) is 4.39 Å². The highest BCUT2D eigenvalue weighted by Gasteiger charge is 2.41. The highest BCUT2D eigenvalue weighted by molar-refractivity contribution is 5.29. The van der Waals surface area contributed by atoms with Gasteiger partial charge in [-0.2, -0.15) is 5.26 Å². The number of benzene rings is 1. The zero-order chi connectivity index (χ0) is 19.5. The molecule has 4 unspecified atom stereocenters. The van der Waals surface area contributed by atoms with Crippen molar-refractivity contribution in [2.75, 3.05) is 13.1 Å². The molecule has 0 amide bonds. The van der Waals surface area contributed by atoms with Crippen LogP contribution < -0.4 is 10.5 Å². The van der Waals surface area contributed by atoms with Gasteiger partial charge in [-0.3, -0.25) is 4.90 Å². The Balaban J connectivity index is 1.54. The van der Waals surface area contributed by atoms with Gasteiger partial charge in [-0.25, -0.2) is 9.37 Å². The third-order valence-corrected chi connectivity index (χ3v) is 5.91. The fourth-order valence-electron chi connectivity index (χ4n) is 4.51. The highest BCUT2D eigenvalue weighted by atomic mass is 19.1. The molecule has 2 heterocycles. The molecule has 0 radical (unpaired) electrons. The van der Waals surface area contributed by atoms with Gasteiger partial charge in [0.15, 0.2) is 0 Å². The van der Waals surface area contributed by atoms with Crippen molar-refractivity contribution in [3.05, 3.63) is 59.5 Å². The molecule has 6 heteroatoms. The van der Waals surface area contributed by atoms with Crippen LogP contribution in [0.2, 0.25) is 0 Å². The maximum Gasteiger partial charge on any atom is 0.213 e. The van der Waals surface area contributed by atoms with Crippen molar-refractivity contribution in [3.63, 3.8) is 0 Å². The second kappa shape index (κ2) is 8.26. The normalized spacial score (nSPS) is 28.0. The maximum absolute atomic E-state index is 13.3. The van der Waals surface area contributed by atoms with Crippen molar-refractivity contribution >= 4 is 0 Å². The number of rotatable bonds is 4. The summed E-state index contributed by atoms with van der Waals surface area (Å²) in [5.74, 6) is 0.636. The van der Waals surface area contributed by atoms with Crippen LogP contribution >= 0.6 is 0 Å². The van der Waals surface area contributed by atoms with Gasteiger partial charge < -0.3 is 10.5 Å². The Morgan fingerprint density at radius 1 is 1.18 bits per heavy atom. The third kappa shape index (κ3) is 4.16. The maximum atomic E-state index is 13.3. The van der Waals surface area contributed by atoms with Crippen LogP contribution in [-0.2, 0) is 0 Å². The number of ether oxygens (including phenoxy) is 1. The molecule has 2 aromatic rings. The van der Waals surface area contributed by atoms with E-state index in [1.807, 2.05) is 12.1 Å². The minimum absolute atomic E-state index is 0.0132. The number of hydrogen-bond acceptors (Lipinski definition) is 5.